The van der Waals surface area contributed by atoms with Crippen LogP contribution in [-0.2, 0) is 9.59 Å². The number of ether oxygens (including phenoxy) is 1. The van der Waals surface area contributed by atoms with Crippen molar-refractivity contribution in [3.05, 3.63) is 29.8 Å². The molecule has 0 saturated heterocycles. The van der Waals surface area contributed by atoms with Crippen LogP contribution in [0.25, 0.3) is 0 Å². The van der Waals surface area contributed by atoms with Crippen molar-refractivity contribution in [2.75, 3.05) is 6.54 Å². The van der Waals surface area contributed by atoms with Crippen molar-refractivity contribution < 1.29 is 23.1 Å². The van der Waals surface area contributed by atoms with E-state index in [0.717, 1.165) is 12.1 Å². The number of rotatable bonds is 7. The first kappa shape index (κ1) is 15.9. The fourth-order valence-electron chi connectivity index (χ4n) is 1.43. The number of hydrogen-bond donors (Lipinski definition) is 2. The molecule has 0 aliphatic heterocycles. The molecule has 0 radical (unpaired) electrons. The third kappa shape index (κ3) is 5.21. The minimum absolute atomic E-state index is 0.0590. The van der Waals surface area contributed by atoms with Crippen LogP contribution in [0.5, 0.6) is 5.75 Å². The Morgan fingerprint density at radius 2 is 2.05 bits per heavy atom. The molecule has 7 heteroatoms. The van der Waals surface area contributed by atoms with E-state index < -0.39 is 29.6 Å². The Labute approximate surface area is 115 Å². The Balaban J connectivity index is 2.41. The van der Waals surface area contributed by atoms with Gasteiger partial charge in [-0.05, 0) is 25.5 Å². The summed E-state index contributed by atoms with van der Waals surface area (Å²) < 4.78 is 30.9. The number of amides is 2. The molecule has 2 amide bonds. The van der Waals surface area contributed by atoms with Gasteiger partial charge in [0.15, 0.2) is 17.7 Å². The number of carbonyl (C=O) groups excluding carboxylic acids is 2. The van der Waals surface area contributed by atoms with Gasteiger partial charge in [0.05, 0.1) is 0 Å². The minimum atomic E-state index is -1.04. The molecule has 20 heavy (non-hydrogen) atoms. The van der Waals surface area contributed by atoms with E-state index in [1.54, 1.807) is 0 Å². The monoisotopic (exact) mass is 286 g/mol. The van der Waals surface area contributed by atoms with Crippen LogP contribution < -0.4 is 15.8 Å². The highest BCUT2D eigenvalue weighted by molar-refractivity contribution is 5.80. The van der Waals surface area contributed by atoms with E-state index in [1.807, 2.05) is 0 Å². The summed E-state index contributed by atoms with van der Waals surface area (Å²) in [5.41, 5.74) is 4.96. The van der Waals surface area contributed by atoms with Crippen LogP contribution in [-0.4, -0.2) is 24.5 Å². The van der Waals surface area contributed by atoms with Crippen LogP contribution in [0.1, 0.15) is 19.8 Å². The number of benzene rings is 1. The Hall–Kier alpha value is -2.18. The van der Waals surface area contributed by atoms with Crippen LogP contribution in [0.3, 0.4) is 0 Å². The van der Waals surface area contributed by atoms with Crippen LogP contribution in [0.4, 0.5) is 8.78 Å². The Morgan fingerprint density at radius 1 is 1.35 bits per heavy atom. The average Bonchev–Trinajstić information content (AvgIpc) is 2.38. The van der Waals surface area contributed by atoms with Crippen molar-refractivity contribution in [3.8, 4) is 5.75 Å². The lowest BCUT2D eigenvalue weighted by molar-refractivity contribution is -0.127. The number of hydrogen-bond acceptors (Lipinski definition) is 3. The lowest BCUT2D eigenvalue weighted by atomic mass is 10.3. The highest BCUT2D eigenvalue weighted by atomic mass is 19.2. The topological polar surface area (TPSA) is 81.4 Å². The molecule has 1 aromatic carbocycles. The number of nitrogens with one attached hydrogen (secondary N) is 1. The Kier molecular flexibility index (Phi) is 5.89. The van der Waals surface area contributed by atoms with Gasteiger partial charge in [-0.25, -0.2) is 8.78 Å². The van der Waals surface area contributed by atoms with Gasteiger partial charge in [-0.3, -0.25) is 9.59 Å². The molecule has 1 atom stereocenters. The lowest BCUT2D eigenvalue weighted by Crippen LogP contribution is -2.37. The summed E-state index contributed by atoms with van der Waals surface area (Å²) in [4.78, 5) is 22.1. The molecule has 5 nitrogen and oxygen atoms in total. The first-order valence-corrected chi connectivity index (χ1v) is 6.08. The van der Waals surface area contributed by atoms with Gasteiger partial charge in [-0.15, -0.1) is 0 Å². The second kappa shape index (κ2) is 7.42. The molecular formula is C13H16F2N2O3. The fraction of sp³-hybridized carbons (Fsp3) is 0.385. The van der Waals surface area contributed by atoms with E-state index in [0.29, 0.717) is 6.42 Å². The van der Waals surface area contributed by atoms with E-state index in [1.165, 1.54) is 13.0 Å². The van der Waals surface area contributed by atoms with E-state index >= 15 is 0 Å². The zero-order valence-electron chi connectivity index (χ0n) is 11.0. The first-order chi connectivity index (χ1) is 9.40. The molecule has 0 spiro atoms. The van der Waals surface area contributed by atoms with E-state index in [4.69, 9.17) is 10.5 Å². The maximum Gasteiger partial charge on any atom is 0.260 e. The van der Waals surface area contributed by atoms with Gasteiger partial charge < -0.3 is 15.8 Å². The average molecular weight is 286 g/mol. The van der Waals surface area contributed by atoms with Crippen molar-refractivity contribution in [1.29, 1.82) is 0 Å². The summed E-state index contributed by atoms with van der Waals surface area (Å²) in [6.07, 6.45) is -0.258. The van der Waals surface area contributed by atoms with Crippen molar-refractivity contribution in [2.45, 2.75) is 25.9 Å². The van der Waals surface area contributed by atoms with Crippen LogP contribution in [0, 0.1) is 11.6 Å². The molecule has 0 unspecified atom stereocenters. The largest absolute Gasteiger partial charge is 0.481 e. The van der Waals surface area contributed by atoms with Crippen LogP contribution in [0.15, 0.2) is 18.2 Å². The molecule has 0 aliphatic rings. The van der Waals surface area contributed by atoms with E-state index in [-0.39, 0.29) is 18.7 Å². The van der Waals surface area contributed by atoms with Gasteiger partial charge in [0, 0.05) is 19.0 Å². The standard InChI is InChI=1S/C13H16F2N2O3/c1-8(13(19)17-6-2-3-12(16)18)20-9-4-5-10(14)11(15)7-9/h4-5,7-8H,2-3,6H2,1H3,(H2,16,18)(H,17,19)/t8-/m1/s1. The zero-order valence-corrected chi connectivity index (χ0v) is 11.0. The summed E-state index contributed by atoms with van der Waals surface area (Å²) in [6.45, 7) is 1.76. The van der Waals surface area contributed by atoms with Crippen molar-refractivity contribution in [2.24, 2.45) is 5.73 Å². The third-order valence-electron chi connectivity index (χ3n) is 2.47. The summed E-state index contributed by atoms with van der Waals surface area (Å²) in [5.74, 6) is -2.83. The number of nitrogens with two attached hydrogens (primary N) is 1. The molecule has 1 rings (SSSR count). The summed E-state index contributed by atoms with van der Waals surface area (Å²) in [7, 11) is 0. The van der Waals surface area contributed by atoms with Gasteiger partial charge >= 0.3 is 0 Å². The van der Waals surface area contributed by atoms with Gasteiger partial charge in [-0.1, -0.05) is 0 Å². The maximum atomic E-state index is 13.0. The summed E-state index contributed by atoms with van der Waals surface area (Å²) in [6, 6.07) is 3.02. The van der Waals surface area contributed by atoms with Gasteiger partial charge in [0.25, 0.3) is 5.91 Å². The minimum Gasteiger partial charge on any atom is -0.481 e. The number of primary amides is 1. The van der Waals surface area contributed by atoms with Crippen molar-refractivity contribution >= 4 is 11.8 Å². The molecule has 0 aromatic heterocycles. The smallest absolute Gasteiger partial charge is 0.260 e. The summed E-state index contributed by atoms with van der Waals surface area (Å²) in [5, 5.41) is 2.54. The first-order valence-electron chi connectivity index (χ1n) is 6.08. The summed E-state index contributed by atoms with van der Waals surface area (Å²) >= 11 is 0. The quantitative estimate of drug-likeness (QED) is 0.737. The maximum absolute atomic E-state index is 13.0. The number of halogens is 2. The highest BCUT2D eigenvalue weighted by Crippen LogP contribution is 2.16. The van der Waals surface area contributed by atoms with Crippen LogP contribution in [0.2, 0.25) is 0 Å². The molecule has 0 aliphatic carbocycles. The molecular weight excluding hydrogens is 270 g/mol. The normalized spacial score (nSPS) is 11.8. The van der Waals surface area contributed by atoms with Crippen molar-refractivity contribution in [3.63, 3.8) is 0 Å². The predicted octanol–water partition coefficient (Wildman–Crippen LogP) is 1.11. The fourth-order valence-corrected chi connectivity index (χ4v) is 1.43. The third-order valence-corrected chi connectivity index (χ3v) is 2.47. The van der Waals surface area contributed by atoms with Crippen LogP contribution >= 0.6 is 0 Å². The number of carbonyl (C=O) groups is 2. The molecule has 0 heterocycles. The Morgan fingerprint density at radius 3 is 2.65 bits per heavy atom. The van der Waals surface area contributed by atoms with E-state index in [2.05, 4.69) is 5.32 Å². The second-order valence-corrected chi connectivity index (χ2v) is 4.20. The second-order valence-electron chi connectivity index (χ2n) is 4.20. The highest BCUT2D eigenvalue weighted by Gasteiger charge is 2.15. The SMILES string of the molecule is C[C@@H](Oc1ccc(F)c(F)c1)C(=O)NCCCC(N)=O. The molecule has 1 aromatic rings. The Bertz CT molecular complexity index is 495. The van der Waals surface area contributed by atoms with Crippen molar-refractivity contribution in [1.82, 2.24) is 5.32 Å². The molecule has 3 N–H and O–H groups in total. The van der Waals surface area contributed by atoms with Gasteiger partial charge in [0.2, 0.25) is 5.91 Å². The predicted molar refractivity (Wildman–Crippen MR) is 67.9 cm³/mol. The lowest BCUT2D eigenvalue weighted by Gasteiger charge is -2.14. The molecule has 0 fully saturated rings. The molecule has 0 bridgehead atoms. The molecule has 0 saturated carbocycles. The van der Waals surface area contributed by atoms with Gasteiger partial charge in [-0.2, -0.15) is 0 Å². The molecule has 110 valence electrons. The zero-order chi connectivity index (χ0) is 15.1. The van der Waals surface area contributed by atoms with Gasteiger partial charge in [0.1, 0.15) is 5.75 Å². The van der Waals surface area contributed by atoms with E-state index in [9.17, 15) is 18.4 Å².